The highest BCUT2D eigenvalue weighted by molar-refractivity contribution is 6.34. The van der Waals surface area contributed by atoms with Gasteiger partial charge in [-0.15, -0.1) is 0 Å². The Hall–Kier alpha value is -5.72. The minimum absolute atomic E-state index is 0.281. The molecule has 0 saturated heterocycles. The Morgan fingerprint density at radius 2 is 1.11 bits per heavy atom. The summed E-state index contributed by atoms with van der Waals surface area (Å²) in [5.74, 6) is 0.678. The van der Waals surface area contributed by atoms with E-state index in [1.807, 2.05) is 134 Å². The number of ether oxygens (including phenoxy) is 2. The second kappa shape index (κ2) is 10.7. The molecule has 7 heteroatoms. The number of carbonyl (C=O) groups is 1. The number of nitrogens with one attached hydrogen (secondary N) is 2. The molecule has 0 amide bonds. The summed E-state index contributed by atoms with van der Waals surface area (Å²) in [5.41, 5.74) is 14.4. The maximum atomic E-state index is 13.8. The Morgan fingerprint density at radius 3 is 1.67 bits per heavy atom. The van der Waals surface area contributed by atoms with Crippen molar-refractivity contribution in [2.75, 3.05) is 16.4 Å². The molecule has 0 aliphatic carbocycles. The van der Waals surface area contributed by atoms with Gasteiger partial charge in [0.25, 0.3) is 0 Å². The first-order chi connectivity index (χ1) is 22.4. The van der Waals surface area contributed by atoms with Crippen LogP contribution in [0.5, 0.6) is 11.5 Å². The molecule has 1 spiro atoms. The molecule has 6 aromatic rings. The number of rotatable bonds is 5. The van der Waals surface area contributed by atoms with Gasteiger partial charge in [-0.05, 0) is 78.7 Å². The van der Waals surface area contributed by atoms with Crippen molar-refractivity contribution in [1.82, 2.24) is 0 Å². The predicted octanol–water partition coefficient (Wildman–Crippen LogP) is 9.95. The molecule has 2 heterocycles. The van der Waals surface area contributed by atoms with Crippen LogP contribution in [0.15, 0.2) is 127 Å². The largest absolute Gasteiger partial charge is 0.456 e. The highest BCUT2D eigenvalue weighted by Gasteiger charge is 2.56. The lowest BCUT2D eigenvalue weighted by Crippen LogP contribution is -2.33. The van der Waals surface area contributed by atoms with E-state index < -0.39 is 11.6 Å². The number of nitrogen functional groups attached to an aromatic ring is 1. The molecule has 0 atom stereocenters. The zero-order valence-electron chi connectivity index (χ0n) is 24.8. The van der Waals surface area contributed by atoms with Crippen LogP contribution in [0.2, 0.25) is 5.02 Å². The van der Waals surface area contributed by atoms with E-state index in [1.165, 1.54) is 0 Å². The minimum Gasteiger partial charge on any atom is -0.456 e. The SMILES string of the molecule is Cc1c(Cl)c2c(c(N)c1-c1ccc(Nc3ccc(Nc4ccccc4)cc3)cc1)C(=O)OC21c2ccccc2Oc2ccccc21. The molecule has 0 radical (unpaired) electrons. The Balaban J connectivity index is 1.14. The maximum Gasteiger partial charge on any atom is 0.342 e. The summed E-state index contributed by atoms with van der Waals surface area (Å²) >= 11 is 7.24. The second-order valence-corrected chi connectivity index (χ2v) is 11.8. The molecule has 0 saturated carbocycles. The summed E-state index contributed by atoms with van der Waals surface area (Å²) < 4.78 is 12.6. The van der Waals surface area contributed by atoms with Gasteiger partial charge in [0.15, 0.2) is 5.60 Å². The first-order valence-electron chi connectivity index (χ1n) is 15.0. The lowest BCUT2D eigenvalue weighted by atomic mass is 9.76. The quantitative estimate of drug-likeness (QED) is 0.131. The monoisotopic (exact) mass is 621 g/mol. The van der Waals surface area contributed by atoms with Crippen molar-refractivity contribution in [3.8, 4) is 22.6 Å². The summed E-state index contributed by atoms with van der Waals surface area (Å²) in [4.78, 5) is 13.8. The number of halogens is 1. The van der Waals surface area contributed by atoms with Crippen molar-refractivity contribution in [2.45, 2.75) is 12.5 Å². The van der Waals surface area contributed by atoms with Gasteiger partial charge in [-0.2, -0.15) is 0 Å². The van der Waals surface area contributed by atoms with Crippen LogP contribution in [-0.2, 0) is 10.3 Å². The molecular weight excluding hydrogens is 594 g/mol. The molecule has 224 valence electrons. The molecule has 2 aliphatic rings. The summed E-state index contributed by atoms with van der Waals surface area (Å²) in [5, 5.41) is 7.28. The topological polar surface area (TPSA) is 85.6 Å². The van der Waals surface area contributed by atoms with Crippen molar-refractivity contribution in [3.63, 3.8) is 0 Å². The highest BCUT2D eigenvalue weighted by atomic mass is 35.5. The number of anilines is 5. The number of nitrogens with two attached hydrogens (primary N) is 1. The molecule has 0 fully saturated rings. The standard InChI is InChI=1S/C39H28ClN3O3/c1-23-33(24-15-17-26(18-16-24)43-28-21-19-27(20-22-28)42-25-9-3-2-4-10-25)37(41)34-35(36(23)40)39(46-38(34)44)29-11-5-7-13-31(29)45-32-14-8-6-12-30(32)39/h2-22,42-43H,41H2,1H3. The first-order valence-corrected chi connectivity index (χ1v) is 15.3. The van der Waals surface area contributed by atoms with E-state index in [1.54, 1.807) is 0 Å². The molecule has 0 aromatic heterocycles. The van der Waals surface area contributed by atoms with Crippen molar-refractivity contribution < 1.29 is 14.3 Å². The molecule has 0 bridgehead atoms. The van der Waals surface area contributed by atoms with Gasteiger partial charge in [0, 0.05) is 45.0 Å². The van der Waals surface area contributed by atoms with Crippen molar-refractivity contribution in [1.29, 1.82) is 0 Å². The van der Waals surface area contributed by atoms with Crippen molar-refractivity contribution >= 4 is 46.0 Å². The van der Waals surface area contributed by atoms with E-state index in [0.29, 0.717) is 44.5 Å². The fourth-order valence-electron chi connectivity index (χ4n) is 6.57. The smallest absolute Gasteiger partial charge is 0.342 e. The summed E-state index contributed by atoms with van der Waals surface area (Å²) in [6.07, 6.45) is 0. The van der Waals surface area contributed by atoms with Crippen molar-refractivity contribution in [3.05, 3.63) is 160 Å². The van der Waals surface area contributed by atoms with Crippen LogP contribution < -0.4 is 21.1 Å². The minimum atomic E-state index is -1.29. The molecule has 4 N–H and O–H groups in total. The number of carbonyl (C=O) groups excluding carboxylic acids is 1. The van der Waals surface area contributed by atoms with Gasteiger partial charge in [0.1, 0.15) is 11.5 Å². The normalized spacial score (nSPS) is 13.7. The first kappa shape index (κ1) is 27.8. The van der Waals surface area contributed by atoms with Crippen LogP contribution >= 0.6 is 11.6 Å². The molecule has 6 aromatic carbocycles. The van der Waals surface area contributed by atoms with Crippen LogP contribution in [0.25, 0.3) is 11.1 Å². The van der Waals surface area contributed by atoms with Gasteiger partial charge in [-0.3, -0.25) is 0 Å². The van der Waals surface area contributed by atoms with E-state index in [-0.39, 0.29) is 5.56 Å². The van der Waals surface area contributed by atoms with E-state index in [9.17, 15) is 4.79 Å². The highest BCUT2D eigenvalue weighted by Crippen LogP contribution is 2.59. The third-order valence-corrected chi connectivity index (χ3v) is 9.15. The fourth-order valence-corrected chi connectivity index (χ4v) is 6.89. The van der Waals surface area contributed by atoms with Crippen LogP contribution in [0, 0.1) is 6.92 Å². The second-order valence-electron chi connectivity index (χ2n) is 11.4. The average Bonchev–Trinajstić information content (AvgIpc) is 3.39. The summed E-state index contributed by atoms with van der Waals surface area (Å²) in [7, 11) is 0. The molecule has 46 heavy (non-hydrogen) atoms. The molecule has 0 unspecified atom stereocenters. The van der Waals surface area contributed by atoms with Gasteiger partial charge < -0.3 is 25.8 Å². The average molecular weight is 622 g/mol. The van der Waals surface area contributed by atoms with Crippen molar-refractivity contribution in [2.24, 2.45) is 0 Å². The van der Waals surface area contributed by atoms with Crippen LogP contribution in [0.1, 0.15) is 32.6 Å². The van der Waals surface area contributed by atoms with Crippen LogP contribution in [0.3, 0.4) is 0 Å². The number of hydrogen-bond acceptors (Lipinski definition) is 6. The summed E-state index contributed by atoms with van der Waals surface area (Å²) in [6.45, 7) is 1.93. The lowest BCUT2D eigenvalue weighted by Gasteiger charge is -2.37. The van der Waals surface area contributed by atoms with Gasteiger partial charge in [0.05, 0.1) is 16.3 Å². The predicted molar refractivity (Wildman–Crippen MR) is 184 cm³/mol. The number of benzene rings is 6. The zero-order chi connectivity index (χ0) is 31.4. The van der Waals surface area contributed by atoms with E-state index in [0.717, 1.165) is 33.9 Å². The zero-order valence-corrected chi connectivity index (χ0v) is 25.6. The lowest BCUT2D eigenvalue weighted by molar-refractivity contribution is 0.0225. The Bertz CT molecular complexity index is 2100. The maximum absolute atomic E-state index is 13.8. The van der Waals surface area contributed by atoms with Gasteiger partial charge in [0.2, 0.25) is 0 Å². The van der Waals surface area contributed by atoms with Crippen LogP contribution in [-0.4, -0.2) is 5.97 Å². The Kier molecular flexibility index (Phi) is 6.48. The number of fused-ring (bicyclic) bond motifs is 6. The van der Waals surface area contributed by atoms with E-state index >= 15 is 0 Å². The number of para-hydroxylation sites is 3. The molecule has 8 rings (SSSR count). The molecule has 6 nitrogen and oxygen atoms in total. The van der Waals surface area contributed by atoms with E-state index in [2.05, 4.69) is 10.6 Å². The summed E-state index contributed by atoms with van der Waals surface area (Å²) in [6, 6.07) is 41.2. The number of esters is 1. The Morgan fingerprint density at radius 1 is 0.630 bits per heavy atom. The van der Waals surface area contributed by atoms with E-state index in [4.69, 9.17) is 26.8 Å². The van der Waals surface area contributed by atoms with Gasteiger partial charge in [-0.25, -0.2) is 4.79 Å². The van der Waals surface area contributed by atoms with Gasteiger partial charge >= 0.3 is 5.97 Å². The fraction of sp³-hybridized carbons (Fsp3) is 0.0513. The molecule has 2 aliphatic heterocycles. The number of hydrogen-bond donors (Lipinski definition) is 3. The third-order valence-electron chi connectivity index (χ3n) is 8.68. The van der Waals surface area contributed by atoms with Gasteiger partial charge in [-0.1, -0.05) is 78.3 Å². The Labute approximate surface area is 271 Å². The molecular formula is C39H28ClN3O3. The third kappa shape index (κ3) is 4.30. The van der Waals surface area contributed by atoms with Crippen LogP contribution in [0.4, 0.5) is 28.4 Å².